The van der Waals surface area contributed by atoms with Crippen LogP contribution in [0.5, 0.6) is 0 Å². The molecule has 0 spiro atoms. The lowest BCUT2D eigenvalue weighted by Crippen LogP contribution is -2.38. The first-order chi connectivity index (χ1) is 9.88. The monoisotopic (exact) mass is 299 g/mol. The van der Waals surface area contributed by atoms with E-state index in [0.29, 0.717) is 13.1 Å². The third-order valence-corrected chi connectivity index (χ3v) is 3.28. The van der Waals surface area contributed by atoms with Crippen molar-refractivity contribution in [2.75, 3.05) is 26.2 Å². The Kier molecular flexibility index (Phi) is 7.50. The molecule has 1 fully saturated rings. The quantitative estimate of drug-likeness (QED) is 0.648. The molecule has 6 heteroatoms. The molecule has 0 aromatic rings. The Balaban J connectivity index is 1.99. The highest BCUT2D eigenvalue weighted by molar-refractivity contribution is 5.78. The van der Waals surface area contributed by atoms with Crippen LogP contribution in [0.25, 0.3) is 0 Å². The number of nitrogens with one attached hydrogen (secondary N) is 3. The molecular formula is C15H29N3O3. The SMILES string of the molecule is CC(C)(C)OC(=O)NCCCCNC(=O)C1CCNCC1. The van der Waals surface area contributed by atoms with Crippen LogP contribution in [-0.4, -0.2) is 43.8 Å². The summed E-state index contributed by atoms with van der Waals surface area (Å²) in [5.74, 6) is 0.322. The zero-order valence-corrected chi connectivity index (χ0v) is 13.5. The summed E-state index contributed by atoms with van der Waals surface area (Å²) >= 11 is 0. The molecule has 1 rings (SSSR count). The molecule has 0 radical (unpaired) electrons. The van der Waals surface area contributed by atoms with E-state index in [1.54, 1.807) is 0 Å². The van der Waals surface area contributed by atoms with Gasteiger partial charge in [-0.05, 0) is 59.5 Å². The molecular weight excluding hydrogens is 270 g/mol. The van der Waals surface area contributed by atoms with E-state index in [-0.39, 0.29) is 17.9 Å². The van der Waals surface area contributed by atoms with Gasteiger partial charge in [-0.1, -0.05) is 0 Å². The van der Waals surface area contributed by atoms with E-state index in [4.69, 9.17) is 4.74 Å². The summed E-state index contributed by atoms with van der Waals surface area (Å²) in [6, 6.07) is 0. The summed E-state index contributed by atoms with van der Waals surface area (Å²) in [5.41, 5.74) is -0.465. The van der Waals surface area contributed by atoms with Crippen molar-refractivity contribution < 1.29 is 14.3 Å². The fourth-order valence-corrected chi connectivity index (χ4v) is 2.19. The van der Waals surface area contributed by atoms with Gasteiger partial charge in [0, 0.05) is 19.0 Å². The summed E-state index contributed by atoms with van der Waals surface area (Å²) in [6.07, 6.45) is 3.14. The number of ether oxygens (including phenoxy) is 1. The molecule has 21 heavy (non-hydrogen) atoms. The Bertz CT molecular complexity index is 334. The van der Waals surface area contributed by atoms with Gasteiger partial charge in [0.05, 0.1) is 0 Å². The average Bonchev–Trinajstić information content (AvgIpc) is 2.41. The molecule has 0 aromatic carbocycles. The smallest absolute Gasteiger partial charge is 0.407 e. The van der Waals surface area contributed by atoms with Crippen LogP contribution in [0.2, 0.25) is 0 Å². The minimum atomic E-state index is -0.465. The highest BCUT2D eigenvalue weighted by Crippen LogP contribution is 2.11. The Morgan fingerprint density at radius 2 is 1.67 bits per heavy atom. The lowest BCUT2D eigenvalue weighted by molar-refractivity contribution is -0.125. The number of amides is 2. The second kappa shape index (κ2) is 8.87. The number of rotatable bonds is 6. The molecule has 0 aromatic heterocycles. The summed E-state index contributed by atoms with van der Waals surface area (Å²) in [7, 11) is 0. The third-order valence-electron chi connectivity index (χ3n) is 3.28. The number of alkyl carbamates (subject to hydrolysis) is 1. The Morgan fingerprint density at radius 1 is 1.10 bits per heavy atom. The number of hydrogen-bond donors (Lipinski definition) is 3. The maximum atomic E-state index is 11.9. The molecule has 2 amide bonds. The molecule has 0 aliphatic carbocycles. The molecule has 122 valence electrons. The number of carbonyl (C=O) groups is 2. The molecule has 1 aliphatic heterocycles. The highest BCUT2D eigenvalue weighted by Gasteiger charge is 2.20. The molecule has 0 saturated carbocycles. The fraction of sp³-hybridized carbons (Fsp3) is 0.867. The van der Waals surface area contributed by atoms with Gasteiger partial charge in [0.25, 0.3) is 0 Å². The van der Waals surface area contributed by atoms with Gasteiger partial charge in [0.1, 0.15) is 5.60 Å². The van der Waals surface area contributed by atoms with Crippen LogP contribution in [0.1, 0.15) is 46.5 Å². The van der Waals surface area contributed by atoms with Crippen LogP contribution in [0, 0.1) is 5.92 Å². The van der Waals surface area contributed by atoms with Crippen LogP contribution >= 0.6 is 0 Å². The molecule has 0 bridgehead atoms. The first-order valence-electron chi connectivity index (χ1n) is 7.84. The van der Waals surface area contributed by atoms with Crippen molar-refractivity contribution in [3.63, 3.8) is 0 Å². The first kappa shape index (κ1) is 17.8. The molecule has 6 nitrogen and oxygen atoms in total. The van der Waals surface area contributed by atoms with Crippen molar-refractivity contribution in [1.29, 1.82) is 0 Å². The summed E-state index contributed by atoms with van der Waals surface area (Å²) in [4.78, 5) is 23.3. The number of piperidine rings is 1. The van der Waals surface area contributed by atoms with Crippen LogP contribution in [-0.2, 0) is 9.53 Å². The number of carbonyl (C=O) groups excluding carboxylic acids is 2. The second-order valence-corrected chi connectivity index (χ2v) is 6.45. The van der Waals surface area contributed by atoms with E-state index in [2.05, 4.69) is 16.0 Å². The van der Waals surface area contributed by atoms with Crippen molar-refractivity contribution in [2.24, 2.45) is 5.92 Å². The van der Waals surface area contributed by atoms with Crippen LogP contribution in [0.3, 0.4) is 0 Å². The van der Waals surface area contributed by atoms with E-state index < -0.39 is 5.60 Å². The summed E-state index contributed by atoms with van der Waals surface area (Å²) in [6.45, 7) is 8.60. The van der Waals surface area contributed by atoms with Gasteiger partial charge in [-0.25, -0.2) is 4.79 Å². The van der Waals surface area contributed by atoms with Gasteiger partial charge < -0.3 is 20.7 Å². The molecule has 1 aliphatic rings. The van der Waals surface area contributed by atoms with Gasteiger partial charge in [0.15, 0.2) is 0 Å². The van der Waals surface area contributed by atoms with E-state index in [1.807, 2.05) is 20.8 Å². The largest absolute Gasteiger partial charge is 0.444 e. The highest BCUT2D eigenvalue weighted by atomic mass is 16.6. The second-order valence-electron chi connectivity index (χ2n) is 6.45. The first-order valence-corrected chi connectivity index (χ1v) is 7.84. The molecule has 1 heterocycles. The van der Waals surface area contributed by atoms with Crippen LogP contribution < -0.4 is 16.0 Å². The minimum absolute atomic E-state index is 0.158. The van der Waals surface area contributed by atoms with E-state index in [9.17, 15) is 9.59 Å². The summed E-state index contributed by atoms with van der Waals surface area (Å²) in [5, 5.41) is 8.92. The molecule has 0 unspecified atom stereocenters. The fourth-order valence-electron chi connectivity index (χ4n) is 2.19. The van der Waals surface area contributed by atoms with Gasteiger partial charge in [-0.2, -0.15) is 0 Å². The van der Waals surface area contributed by atoms with Crippen molar-refractivity contribution in [3.8, 4) is 0 Å². The van der Waals surface area contributed by atoms with Crippen LogP contribution in [0.4, 0.5) is 4.79 Å². The maximum Gasteiger partial charge on any atom is 0.407 e. The van der Waals surface area contributed by atoms with Crippen molar-refractivity contribution in [3.05, 3.63) is 0 Å². The number of hydrogen-bond acceptors (Lipinski definition) is 4. The topological polar surface area (TPSA) is 79.5 Å². The zero-order valence-electron chi connectivity index (χ0n) is 13.5. The van der Waals surface area contributed by atoms with Gasteiger partial charge in [0.2, 0.25) is 5.91 Å². The molecule has 1 saturated heterocycles. The lowest BCUT2D eigenvalue weighted by Gasteiger charge is -2.21. The number of unbranched alkanes of at least 4 members (excludes halogenated alkanes) is 1. The van der Waals surface area contributed by atoms with Gasteiger partial charge in [-0.15, -0.1) is 0 Å². The predicted octanol–water partition coefficient (Wildman–Crippen LogP) is 1.41. The van der Waals surface area contributed by atoms with Crippen LogP contribution in [0.15, 0.2) is 0 Å². The minimum Gasteiger partial charge on any atom is -0.444 e. The Morgan fingerprint density at radius 3 is 2.24 bits per heavy atom. The Labute approximate surface area is 127 Å². The Hall–Kier alpha value is -1.30. The normalized spacial score (nSPS) is 16.3. The van der Waals surface area contributed by atoms with Gasteiger partial charge in [-0.3, -0.25) is 4.79 Å². The third kappa shape index (κ3) is 8.55. The predicted molar refractivity (Wildman–Crippen MR) is 82.1 cm³/mol. The van der Waals surface area contributed by atoms with Crippen molar-refractivity contribution in [2.45, 2.75) is 52.1 Å². The van der Waals surface area contributed by atoms with E-state index >= 15 is 0 Å². The summed E-state index contributed by atoms with van der Waals surface area (Å²) < 4.78 is 5.14. The van der Waals surface area contributed by atoms with Gasteiger partial charge >= 0.3 is 6.09 Å². The zero-order chi connectivity index (χ0) is 15.7. The van der Waals surface area contributed by atoms with E-state index in [0.717, 1.165) is 38.8 Å². The van der Waals surface area contributed by atoms with Crippen molar-refractivity contribution in [1.82, 2.24) is 16.0 Å². The molecule has 0 atom stereocenters. The lowest BCUT2D eigenvalue weighted by atomic mass is 9.97. The maximum absolute atomic E-state index is 11.9. The average molecular weight is 299 g/mol. The van der Waals surface area contributed by atoms with E-state index in [1.165, 1.54) is 0 Å². The molecule has 3 N–H and O–H groups in total. The van der Waals surface area contributed by atoms with Crippen molar-refractivity contribution >= 4 is 12.0 Å². The standard InChI is InChI=1S/C15H29N3O3/c1-15(2,3)21-14(20)18-9-5-4-8-17-13(19)12-6-10-16-11-7-12/h12,16H,4-11H2,1-3H3,(H,17,19)(H,18,20).